The third kappa shape index (κ3) is 2.05. The van der Waals surface area contributed by atoms with E-state index < -0.39 is 11.2 Å². The van der Waals surface area contributed by atoms with Crippen LogP contribution in [0, 0.1) is 0 Å². The van der Waals surface area contributed by atoms with Crippen LogP contribution < -0.4 is 20.7 Å². The van der Waals surface area contributed by atoms with Crippen molar-refractivity contribution in [2.75, 3.05) is 14.2 Å². The van der Waals surface area contributed by atoms with Crippen molar-refractivity contribution in [3.63, 3.8) is 0 Å². The Morgan fingerprint density at radius 1 is 0.909 bits per heavy atom. The number of aromatic amines is 1. The molecule has 2 aromatic carbocycles. The molecule has 1 aromatic heterocycles. The predicted octanol–water partition coefficient (Wildman–Crippen LogP) is 1.70. The molecule has 0 fully saturated rings. The molecule has 112 valence electrons. The van der Waals surface area contributed by atoms with Gasteiger partial charge in [-0.2, -0.15) is 0 Å². The van der Waals surface area contributed by atoms with E-state index in [-0.39, 0.29) is 0 Å². The van der Waals surface area contributed by atoms with Crippen molar-refractivity contribution in [2.24, 2.45) is 0 Å². The highest BCUT2D eigenvalue weighted by Crippen LogP contribution is 2.22. The van der Waals surface area contributed by atoms with Gasteiger partial charge in [-0.1, -0.05) is 18.2 Å². The minimum Gasteiger partial charge on any atom is -0.495 e. The second kappa shape index (κ2) is 5.40. The van der Waals surface area contributed by atoms with E-state index in [1.807, 2.05) is 0 Å². The number of benzene rings is 2. The Hall–Kier alpha value is -3.02. The molecule has 0 atom stereocenters. The summed E-state index contributed by atoms with van der Waals surface area (Å²) in [5.41, 5.74) is -0.208. The summed E-state index contributed by atoms with van der Waals surface area (Å²) in [7, 11) is 2.97. The average Bonchev–Trinajstić information content (AvgIpc) is 2.55. The van der Waals surface area contributed by atoms with Crippen LogP contribution in [0.2, 0.25) is 0 Å². The van der Waals surface area contributed by atoms with Crippen LogP contribution in [-0.2, 0) is 0 Å². The van der Waals surface area contributed by atoms with Gasteiger partial charge in [0.15, 0.2) is 0 Å². The van der Waals surface area contributed by atoms with Crippen LogP contribution >= 0.6 is 0 Å². The molecule has 0 bridgehead atoms. The molecule has 1 N–H and O–H groups in total. The van der Waals surface area contributed by atoms with Crippen molar-refractivity contribution in [1.82, 2.24) is 9.55 Å². The summed E-state index contributed by atoms with van der Waals surface area (Å²) in [4.78, 5) is 27.8. The smallest absolute Gasteiger partial charge is 0.333 e. The Bertz CT molecular complexity index is 956. The molecule has 22 heavy (non-hydrogen) atoms. The van der Waals surface area contributed by atoms with Crippen molar-refractivity contribution < 1.29 is 9.47 Å². The van der Waals surface area contributed by atoms with E-state index >= 15 is 0 Å². The van der Waals surface area contributed by atoms with Crippen molar-refractivity contribution in [3.05, 3.63) is 63.3 Å². The van der Waals surface area contributed by atoms with Crippen molar-refractivity contribution in [1.29, 1.82) is 0 Å². The number of nitrogens with one attached hydrogen (secondary N) is 1. The van der Waals surface area contributed by atoms with Gasteiger partial charge in [-0.05, 0) is 24.3 Å². The zero-order valence-electron chi connectivity index (χ0n) is 12.1. The molecule has 3 aromatic rings. The fraction of sp³-hybridized carbons (Fsp3) is 0.125. The summed E-state index contributed by atoms with van der Waals surface area (Å²) in [5, 5.41) is 0.366. The van der Waals surface area contributed by atoms with Crippen LogP contribution in [0.25, 0.3) is 16.6 Å². The van der Waals surface area contributed by atoms with E-state index in [2.05, 4.69) is 4.98 Å². The normalized spacial score (nSPS) is 10.6. The molecule has 0 aliphatic heterocycles. The molecule has 0 amide bonds. The van der Waals surface area contributed by atoms with Gasteiger partial charge in [0, 0.05) is 0 Å². The number of rotatable bonds is 3. The molecule has 1 heterocycles. The van der Waals surface area contributed by atoms with Crippen molar-refractivity contribution >= 4 is 10.9 Å². The van der Waals surface area contributed by atoms with E-state index in [4.69, 9.17) is 9.47 Å². The number of para-hydroxylation sites is 3. The molecule has 0 aliphatic carbocycles. The van der Waals surface area contributed by atoms with Crippen LogP contribution in [0.4, 0.5) is 0 Å². The van der Waals surface area contributed by atoms with Gasteiger partial charge < -0.3 is 14.5 Å². The largest absolute Gasteiger partial charge is 0.495 e. The summed E-state index contributed by atoms with van der Waals surface area (Å²) < 4.78 is 11.5. The molecule has 0 unspecified atom stereocenters. The van der Waals surface area contributed by atoms with E-state index in [0.29, 0.717) is 28.1 Å². The number of ether oxygens (including phenoxy) is 2. The van der Waals surface area contributed by atoms with Gasteiger partial charge in [-0.25, -0.2) is 9.36 Å². The second-order valence-electron chi connectivity index (χ2n) is 4.63. The molecule has 3 rings (SSSR count). The number of H-pyrrole nitrogens is 1. The summed E-state index contributed by atoms with van der Waals surface area (Å²) in [6, 6.07) is 11.9. The SMILES string of the molecule is COc1ccccc1-n1c(=O)[nH]c2c(OC)cccc2c1=O. The van der Waals surface area contributed by atoms with Gasteiger partial charge in [0.1, 0.15) is 11.5 Å². The zero-order chi connectivity index (χ0) is 15.7. The van der Waals surface area contributed by atoms with Gasteiger partial charge >= 0.3 is 5.69 Å². The number of aromatic nitrogens is 2. The Morgan fingerprint density at radius 3 is 2.32 bits per heavy atom. The Labute approximate surface area is 125 Å². The maximum Gasteiger partial charge on any atom is 0.333 e. The average molecular weight is 298 g/mol. The van der Waals surface area contributed by atoms with Crippen molar-refractivity contribution in [2.45, 2.75) is 0 Å². The highest BCUT2D eigenvalue weighted by Gasteiger charge is 2.14. The fourth-order valence-electron chi connectivity index (χ4n) is 2.42. The number of methoxy groups -OCH3 is 2. The molecule has 0 spiro atoms. The van der Waals surface area contributed by atoms with Crippen LogP contribution in [0.3, 0.4) is 0 Å². The number of nitrogens with zero attached hydrogens (tertiary/aromatic N) is 1. The summed E-state index contributed by atoms with van der Waals surface area (Å²) in [5.74, 6) is 0.885. The van der Waals surface area contributed by atoms with Crippen molar-refractivity contribution in [3.8, 4) is 17.2 Å². The molecular formula is C16H14N2O4. The molecular weight excluding hydrogens is 284 g/mol. The lowest BCUT2D eigenvalue weighted by Gasteiger charge is -2.11. The molecule has 0 radical (unpaired) electrons. The van der Waals surface area contributed by atoms with Crippen LogP contribution in [-0.4, -0.2) is 23.8 Å². The number of fused-ring (bicyclic) bond motifs is 1. The minimum atomic E-state index is -0.550. The Morgan fingerprint density at radius 2 is 1.59 bits per heavy atom. The van der Waals surface area contributed by atoms with Gasteiger partial charge in [0.05, 0.1) is 30.8 Å². The lowest BCUT2D eigenvalue weighted by Crippen LogP contribution is -2.33. The molecule has 0 saturated carbocycles. The van der Waals surface area contributed by atoms with Gasteiger partial charge in [0.2, 0.25) is 0 Å². The second-order valence-corrected chi connectivity index (χ2v) is 4.63. The van der Waals surface area contributed by atoms with Gasteiger partial charge in [-0.3, -0.25) is 4.79 Å². The van der Waals surface area contributed by atoms with Gasteiger partial charge in [-0.15, -0.1) is 0 Å². The number of hydrogen-bond donors (Lipinski definition) is 1. The summed E-state index contributed by atoms with van der Waals surface area (Å²) in [6.45, 7) is 0. The molecule has 6 nitrogen and oxygen atoms in total. The zero-order valence-corrected chi connectivity index (χ0v) is 12.1. The van der Waals surface area contributed by atoms with Crippen LogP contribution in [0.1, 0.15) is 0 Å². The van der Waals surface area contributed by atoms with Gasteiger partial charge in [0.25, 0.3) is 5.56 Å². The van der Waals surface area contributed by atoms with Crippen LogP contribution in [0.15, 0.2) is 52.1 Å². The van der Waals surface area contributed by atoms with E-state index in [9.17, 15) is 9.59 Å². The molecule has 6 heteroatoms. The summed E-state index contributed by atoms with van der Waals surface area (Å²) in [6.07, 6.45) is 0. The predicted molar refractivity (Wildman–Crippen MR) is 83.3 cm³/mol. The van der Waals surface area contributed by atoms with Crippen LogP contribution in [0.5, 0.6) is 11.5 Å². The first kappa shape index (κ1) is 13.9. The minimum absolute atomic E-state index is 0.366. The lowest BCUT2D eigenvalue weighted by molar-refractivity contribution is 0.412. The lowest BCUT2D eigenvalue weighted by atomic mass is 10.2. The third-order valence-electron chi connectivity index (χ3n) is 3.44. The fourth-order valence-corrected chi connectivity index (χ4v) is 2.42. The first-order valence-electron chi connectivity index (χ1n) is 6.63. The maximum absolute atomic E-state index is 12.7. The monoisotopic (exact) mass is 298 g/mol. The van der Waals surface area contributed by atoms with E-state index in [0.717, 1.165) is 4.57 Å². The Balaban J connectivity index is 2.42. The Kier molecular flexibility index (Phi) is 3.42. The summed E-state index contributed by atoms with van der Waals surface area (Å²) >= 11 is 0. The maximum atomic E-state index is 12.7. The first-order valence-corrected chi connectivity index (χ1v) is 6.63. The quantitative estimate of drug-likeness (QED) is 0.798. The highest BCUT2D eigenvalue weighted by molar-refractivity contribution is 5.83. The third-order valence-corrected chi connectivity index (χ3v) is 3.44. The first-order chi connectivity index (χ1) is 10.7. The standard InChI is InChI=1S/C16H14N2O4/c1-21-12-8-4-3-7-11(12)18-15(19)10-6-5-9-13(22-2)14(10)17-16(18)20/h3-9H,1-2H3,(H,17,20). The highest BCUT2D eigenvalue weighted by atomic mass is 16.5. The molecule has 0 aliphatic rings. The van der Waals surface area contributed by atoms with E-state index in [1.54, 1.807) is 42.5 Å². The van der Waals surface area contributed by atoms with E-state index in [1.165, 1.54) is 14.2 Å². The topological polar surface area (TPSA) is 73.3 Å². The molecule has 0 saturated heterocycles. The number of hydrogen-bond acceptors (Lipinski definition) is 4.